The zero-order chi connectivity index (χ0) is 29.5. The monoisotopic (exact) mass is 641 g/mol. The minimum Gasteiger partial charge on any atom is -0.494 e. The van der Waals surface area contributed by atoms with Crippen molar-refractivity contribution >= 4 is 62.2 Å². The summed E-state index contributed by atoms with van der Waals surface area (Å²) in [5.41, 5.74) is 1.59. The van der Waals surface area contributed by atoms with Crippen LogP contribution in [0.1, 0.15) is 18.1 Å². The molecule has 1 heterocycles. The number of ether oxygens (including phenoxy) is 3. The first-order valence-corrected chi connectivity index (χ1v) is 13.8. The Morgan fingerprint density at radius 1 is 1.10 bits per heavy atom. The maximum absolute atomic E-state index is 13.0. The maximum Gasteiger partial charge on any atom is 0.294 e. The highest BCUT2D eigenvalue weighted by molar-refractivity contribution is 9.10. The second kappa shape index (κ2) is 13.3. The standard InChI is InChI=1S/C28H24BrN3O8S/c1-3-39-21-9-7-19(8-10-21)30-26(33)15-31-27(34)25(41-28(31)35)13-18-12-23(38-2)24(14-22(18)29)40-16-17-5-4-6-20(11-17)32(36)37/h4-14H,3,15-16H2,1-2H3,(H,30,33)/b25-13+. The molecule has 0 aliphatic carbocycles. The van der Waals surface area contributed by atoms with E-state index in [4.69, 9.17) is 14.2 Å². The second-order valence-corrected chi connectivity index (χ2v) is 10.4. The number of halogens is 1. The number of methoxy groups -OCH3 is 1. The molecule has 0 aromatic heterocycles. The molecule has 0 bridgehead atoms. The number of thioether (sulfide) groups is 1. The molecule has 1 N–H and O–H groups in total. The number of anilines is 1. The number of nitro groups is 1. The number of nitrogens with zero attached hydrogens (tertiary/aromatic N) is 2. The summed E-state index contributed by atoms with van der Waals surface area (Å²) in [7, 11) is 1.45. The van der Waals surface area contributed by atoms with Crippen molar-refractivity contribution in [2.24, 2.45) is 0 Å². The minimum absolute atomic E-state index is 0.0443. The summed E-state index contributed by atoms with van der Waals surface area (Å²) in [6, 6.07) is 16.1. The maximum atomic E-state index is 13.0. The summed E-state index contributed by atoms with van der Waals surface area (Å²) in [6.07, 6.45) is 1.52. The first-order chi connectivity index (χ1) is 19.7. The molecule has 11 nitrogen and oxygen atoms in total. The van der Waals surface area contributed by atoms with Crippen LogP contribution in [0.4, 0.5) is 16.2 Å². The van der Waals surface area contributed by atoms with Crippen molar-refractivity contribution in [3.8, 4) is 17.2 Å². The zero-order valence-corrected chi connectivity index (χ0v) is 24.3. The van der Waals surface area contributed by atoms with Crippen molar-refractivity contribution in [3.05, 3.63) is 91.3 Å². The predicted octanol–water partition coefficient (Wildman–Crippen LogP) is 6.02. The molecule has 3 aromatic rings. The first-order valence-electron chi connectivity index (χ1n) is 12.2. The highest BCUT2D eigenvalue weighted by Crippen LogP contribution is 2.38. The lowest BCUT2D eigenvalue weighted by molar-refractivity contribution is -0.384. The lowest BCUT2D eigenvalue weighted by Crippen LogP contribution is -2.36. The van der Waals surface area contributed by atoms with Gasteiger partial charge >= 0.3 is 0 Å². The van der Waals surface area contributed by atoms with Crippen molar-refractivity contribution in [1.29, 1.82) is 0 Å². The molecule has 3 aromatic carbocycles. The van der Waals surface area contributed by atoms with Gasteiger partial charge in [0.2, 0.25) is 5.91 Å². The largest absolute Gasteiger partial charge is 0.494 e. The van der Waals surface area contributed by atoms with Crippen molar-refractivity contribution < 1.29 is 33.5 Å². The van der Waals surface area contributed by atoms with Crippen molar-refractivity contribution in [1.82, 2.24) is 4.90 Å². The third-order valence-electron chi connectivity index (χ3n) is 5.71. The molecule has 1 aliphatic heterocycles. The van der Waals surface area contributed by atoms with Gasteiger partial charge in [0.25, 0.3) is 16.8 Å². The lowest BCUT2D eigenvalue weighted by atomic mass is 10.1. The number of rotatable bonds is 11. The molecular weight excluding hydrogens is 618 g/mol. The van der Waals surface area contributed by atoms with Crippen LogP contribution in [0.2, 0.25) is 0 Å². The summed E-state index contributed by atoms with van der Waals surface area (Å²) < 4.78 is 17.2. The van der Waals surface area contributed by atoms with E-state index in [9.17, 15) is 24.5 Å². The number of amides is 3. The normalized spacial score (nSPS) is 13.8. The molecule has 1 saturated heterocycles. The molecule has 3 amide bonds. The fourth-order valence-corrected chi connectivity index (χ4v) is 5.04. The number of imide groups is 1. The summed E-state index contributed by atoms with van der Waals surface area (Å²) in [5.74, 6) is 0.247. The minimum atomic E-state index is -0.598. The Labute approximate surface area is 247 Å². The smallest absolute Gasteiger partial charge is 0.294 e. The van der Waals surface area contributed by atoms with Crippen LogP contribution in [-0.2, 0) is 16.2 Å². The van der Waals surface area contributed by atoms with Gasteiger partial charge in [-0.2, -0.15) is 0 Å². The van der Waals surface area contributed by atoms with Gasteiger partial charge < -0.3 is 19.5 Å². The lowest BCUT2D eigenvalue weighted by Gasteiger charge is -2.13. The Balaban J connectivity index is 1.44. The van der Waals surface area contributed by atoms with Crippen LogP contribution < -0.4 is 19.5 Å². The number of carbonyl (C=O) groups is 3. The molecule has 0 spiro atoms. The highest BCUT2D eigenvalue weighted by Gasteiger charge is 2.36. The van der Waals surface area contributed by atoms with Gasteiger partial charge in [0, 0.05) is 22.3 Å². The molecule has 0 radical (unpaired) electrons. The summed E-state index contributed by atoms with van der Waals surface area (Å²) in [4.78, 5) is 49.7. The number of nitrogens with one attached hydrogen (secondary N) is 1. The van der Waals surface area contributed by atoms with E-state index in [0.717, 1.165) is 16.7 Å². The Morgan fingerprint density at radius 3 is 2.54 bits per heavy atom. The molecule has 1 aliphatic rings. The van der Waals surface area contributed by atoms with Gasteiger partial charge in [-0.25, -0.2) is 0 Å². The van der Waals surface area contributed by atoms with Gasteiger partial charge in [0.15, 0.2) is 11.5 Å². The summed E-state index contributed by atoms with van der Waals surface area (Å²) >= 11 is 4.18. The van der Waals surface area contributed by atoms with Crippen molar-refractivity contribution in [2.45, 2.75) is 13.5 Å². The van der Waals surface area contributed by atoms with E-state index < -0.39 is 28.5 Å². The average molecular weight is 642 g/mol. The van der Waals surface area contributed by atoms with E-state index in [1.165, 1.54) is 25.3 Å². The predicted molar refractivity (Wildman–Crippen MR) is 157 cm³/mol. The van der Waals surface area contributed by atoms with E-state index in [0.29, 0.717) is 45.1 Å². The van der Waals surface area contributed by atoms with Gasteiger partial charge in [0.1, 0.15) is 18.9 Å². The SMILES string of the molecule is CCOc1ccc(NC(=O)CN2C(=O)S/C(=C/c3cc(OC)c(OCc4cccc([N+](=O)[O-])c4)cc3Br)C2=O)cc1. The van der Waals surface area contributed by atoms with Gasteiger partial charge in [0.05, 0.1) is 23.5 Å². The molecular formula is C28H24BrN3O8S. The van der Waals surface area contributed by atoms with Crippen LogP contribution in [0.3, 0.4) is 0 Å². The number of hydrogen-bond donors (Lipinski definition) is 1. The third-order valence-corrected chi connectivity index (χ3v) is 7.30. The highest BCUT2D eigenvalue weighted by atomic mass is 79.9. The second-order valence-electron chi connectivity index (χ2n) is 8.51. The Morgan fingerprint density at radius 2 is 1.85 bits per heavy atom. The van der Waals surface area contributed by atoms with Gasteiger partial charge in [-0.3, -0.25) is 29.4 Å². The quantitative estimate of drug-likeness (QED) is 0.151. The Bertz CT molecular complexity index is 1530. The molecule has 4 rings (SSSR count). The third kappa shape index (κ3) is 7.44. The molecule has 1 fully saturated rings. The Kier molecular flexibility index (Phi) is 9.63. The Hall–Kier alpha value is -4.36. The van der Waals surface area contributed by atoms with E-state index in [1.54, 1.807) is 48.5 Å². The molecule has 0 saturated carbocycles. The van der Waals surface area contributed by atoms with Gasteiger partial charge in [-0.1, -0.05) is 28.1 Å². The molecule has 0 atom stereocenters. The van der Waals surface area contributed by atoms with Crippen molar-refractivity contribution in [2.75, 3.05) is 25.6 Å². The summed E-state index contributed by atoms with van der Waals surface area (Å²) in [5, 5.41) is 13.1. The average Bonchev–Trinajstić information content (AvgIpc) is 3.21. The number of hydrogen-bond acceptors (Lipinski definition) is 9. The van der Waals surface area contributed by atoms with Crippen LogP contribution in [-0.4, -0.2) is 47.1 Å². The first kappa shape index (κ1) is 29.6. The van der Waals surface area contributed by atoms with Crippen molar-refractivity contribution in [3.63, 3.8) is 0 Å². The van der Waals surface area contributed by atoms with Crippen LogP contribution in [0.15, 0.2) is 70.0 Å². The molecule has 41 heavy (non-hydrogen) atoms. The van der Waals surface area contributed by atoms with Gasteiger partial charge in [-0.15, -0.1) is 0 Å². The van der Waals surface area contributed by atoms with E-state index in [1.807, 2.05) is 6.92 Å². The fourth-order valence-electron chi connectivity index (χ4n) is 3.78. The number of carbonyl (C=O) groups excluding carboxylic acids is 3. The molecule has 13 heteroatoms. The molecule has 212 valence electrons. The number of nitro benzene ring substituents is 1. The van der Waals surface area contributed by atoms with E-state index in [2.05, 4.69) is 21.2 Å². The van der Waals surface area contributed by atoms with E-state index >= 15 is 0 Å². The van der Waals surface area contributed by atoms with Crippen LogP contribution in [0, 0.1) is 10.1 Å². The van der Waals surface area contributed by atoms with Crippen LogP contribution >= 0.6 is 27.7 Å². The fraction of sp³-hybridized carbons (Fsp3) is 0.179. The van der Waals surface area contributed by atoms with Crippen LogP contribution in [0.5, 0.6) is 17.2 Å². The summed E-state index contributed by atoms with van der Waals surface area (Å²) in [6.45, 7) is 2.00. The topological polar surface area (TPSA) is 137 Å². The van der Waals surface area contributed by atoms with Gasteiger partial charge in [-0.05, 0) is 72.3 Å². The zero-order valence-electron chi connectivity index (χ0n) is 21.9. The number of benzene rings is 3. The van der Waals surface area contributed by atoms with E-state index in [-0.39, 0.29) is 17.2 Å². The molecule has 0 unspecified atom stereocenters. The number of non-ortho nitro benzene ring substituents is 1. The van der Waals surface area contributed by atoms with Crippen LogP contribution in [0.25, 0.3) is 6.08 Å².